The smallest absolute Gasteiger partial charge is 0.279 e. The van der Waals surface area contributed by atoms with Crippen molar-refractivity contribution in [1.29, 1.82) is 0 Å². The molecule has 1 fully saturated rings. The Hall–Kier alpha value is -2.73. The van der Waals surface area contributed by atoms with E-state index in [-0.39, 0.29) is 17.6 Å². The Morgan fingerprint density at radius 2 is 1.58 bits per heavy atom. The van der Waals surface area contributed by atoms with Crippen molar-refractivity contribution in [1.82, 2.24) is 0 Å². The van der Waals surface area contributed by atoms with E-state index in [9.17, 15) is 14.0 Å². The number of carbonyl (C=O) groups excluding carboxylic acids is 2. The minimum atomic E-state index is -0.248. The van der Waals surface area contributed by atoms with Crippen LogP contribution in [-0.4, -0.2) is 24.4 Å². The standard InChI is InChI=1S/C20H22FN3O2/c1-14(25)22-17-6-8-18(9-7-17)23-20(26)13-24(19-10-11-19)12-15-2-4-16(21)5-3-15/h2-9,19H,10-13H2,1H3,(H,22,25)(H,23,26)/p+1. The number of carbonyl (C=O) groups is 2. The van der Waals surface area contributed by atoms with Crippen LogP contribution in [0.3, 0.4) is 0 Å². The maximum absolute atomic E-state index is 13.1. The monoisotopic (exact) mass is 356 g/mol. The lowest BCUT2D eigenvalue weighted by Gasteiger charge is -2.19. The second-order valence-corrected chi connectivity index (χ2v) is 6.72. The van der Waals surface area contributed by atoms with Gasteiger partial charge in [0.05, 0.1) is 6.04 Å². The van der Waals surface area contributed by atoms with Crippen molar-refractivity contribution in [2.45, 2.75) is 32.4 Å². The highest BCUT2D eigenvalue weighted by molar-refractivity contribution is 5.92. The minimum Gasteiger partial charge on any atom is -0.326 e. The molecule has 6 heteroatoms. The van der Waals surface area contributed by atoms with Crippen LogP contribution >= 0.6 is 0 Å². The normalized spacial score (nSPS) is 14.5. The second kappa shape index (κ2) is 8.10. The fraction of sp³-hybridized carbons (Fsp3) is 0.300. The Bertz CT molecular complexity index is 771. The summed E-state index contributed by atoms with van der Waals surface area (Å²) in [5.41, 5.74) is 2.42. The summed E-state index contributed by atoms with van der Waals surface area (Å²) in [6.45, 7) is 2.53. The SMILES string of the molecule is CC(=O)Nc1ccc(NC(=O)C[NH+](Cc2ccc(F)cc2)C2CC2)cc1. The minimum absolute atomic E-state index is 0.0544. The van der Waals surface area contributed by atoms with Crippen LogP contribution in [0.25, 0.3) is 0 Å². The molecule has 0 heterocycles. The van der Waals surface area contributed by atoms with Crippen molar-refractivity contribution in [3.8, 4) is 0 Å². The number of benzene rings is 2. The van der Waals surface area contributed by atoms with Crippen molar-refractivity contribution in [2.24, 2.45) is 0 Å². The molecule has 1 aliphatic rings. The van der Waals surface area contributed by atoms with Gasteiger partial charge in [-0.25, -0.2) is 4.39 Å². The van der Waals surface area contributed by atoms with Crippen LogP contribution in [0.2, 0.25) is 0 Å². The Labute approximate surface area is 152 Å². The highest BCUT2D eigenvalue weighted by Crippen LogP contribution is 2.16. The third kappa shape index (κ3) is 5.39. The number of hydrogen-bond donors (Lipinski definition) is 3. The molecule has 2 aromatic carbocycles. The molecule has 1 unspecified atom stereocenters. The van der Waals surface area contributed by atoms with Gasteiger partial charge in [0, 0.05) is 36.7 Å². The Morgan fingerprint density at radius 1 is 1.00 bits per heavy atom. The lowest BCUT2D eigenvalue weighted by Crippen LogP contribution is -3.13. The Morgan fingerprint density at radius 3 is 2.12 bits per heavy atom. The summed E-state index contributed by atoms with van der Waals surface area (Å²) in [6.07, 6.45) is 2.24. The Balaban J connectivity index is 1.56. The van der Waals surface area contributed by atoms with Gasteiger partial charge in [-0.05, 0) is 36.4 Å². The van der Waals surface area contributed by atoms with Gasteiger partial charge in [0.1, 0.15) is 12.4 Å². The highest BCUT2D eigenvalue weighted by Gasteiger charge is 2.34. The van der Waals surface area contributed by atoms with Gasteiger partial charge >= 0.3 is 0 Å². The summed E-state index contributed by atoms with van der Waals surface area (Å²) < 4.78 is 13.1. The van der Waals surface area contributed by atoms with Crippen molar-refractivity contribution in [3.05, 3.63) is 59.9 Å². The van der Waals surface area contributed by atoms with E-state index in [0.29, 0.717) is 30.5 Å². The molecule has 2 aromatic rings. The van der Waals surface area contributed by atoms with Gasteiger partial charge in [-0.3, -0.25) is 9.59 Å². The molecule has 5 nitrogen and oxygen atoms in total. The molecule has 1 saturated carbocycles. The number of nitrogens with one attached hydrogen (secondary N) is 3. The molecule has 0 aromatic heterocycles. The van der Waals surface area contributed by atoms with Gasteiger partial charge in [0.15, 0.2) is 6.54 Å². The van der Waals surface area contributed by atoms with Crippen LogP contribution in [0.15, 0.2) is 48.5 Å². The largest absolute Gasteiger partial charge is 0.326 e. The average Bonchev–Trinajstić information content (AvgIpc) is 3.42. The summed E-state index contributed by atoms with van der Waals surface area (Å²) in [6, 6.07) is 14.0. The van der Waals surface area contributed by atoms with E-state index in [1.807, 2.05) is 0 Å². The van der Waals surface area contributed by atoms with Gasteiger partial charge < -0.3 is 15.5 Å². The molecular formula is C20H23FN3O2+. The van der Waals surface area contributed by atoms with Gasteiger partial charge in [-0.15, -0.1) is 0 Å². The molecule has 2 amide bonds. The maximum atomic E-state index is 13.1. The fourth-order valence-corrected chi connectivity index (χ4v) is 2.96. The van der Waals surface area contributed by atoms with Gasteiger partial charge in [-0.2, -0.15) is 0 Å². The van der Waals surface area contributed by atoms with Crippen molar-refractivity contribution < 1.29 is 18.9 Å². The van der Waals surface area contributed by atoms with E-state index < -0.39 is 0 Å². The van der Waals surface area contributed by atoms with Crippen LogP contribution in [0.5, 0.6) is 0 Å². The van der Waals surface area contributed by atoms with Gasteiger partial charge in [0.25, 0.3) is 5.91 Å². The topological polar surface area (TPSA) is 62.6 Å². The first-order valence-electron chi connectivity index (χ1n) is 8.76. The zero-order valence-electron chi connectivity index (χ0n) is 14.7. The summed E-state index contributed by atoms with van der Waals surface area (Å²) in [5, 5.41) is 5.59. The number of amides is 2. The lowest BCUT2D eigenvalue weighted by molar-refractivity contribution is -0.916. The number of anilines is 2. The van der Waals surface area contributed by atoms with E-state index in [1.165, 1.54) is 24.0 Å². The first kappa shape index (κ1) is 18.1. The van der Waals surface area contributed by atoms with E-state index in [2.05, 4.69) is 10.6 Å². The summed E-state index contributed by atoms with van der Waals surface area (Å²) in [7, 11) is 0. The molecule has 0 bridgehead atoms. The third-order valence-corrected chi connectivity index (χ3v) is 4.38. The molecule has 26 heavy (non-hydrogen) atoms. The van der Waals surface area contributed by atoms with Crippen LogP contribution in [0.1, 0.15) is 25.3 Å². The Kier molecular flexibility index (Phi) is 5.63. The first-order valence-corrected chi connectivity index (χ1v) is 8.76. The molecule has 0 spiro atoms. The van der Waals surface area contributed by atoms with Crippen LogP contribution < -0.4 is 15.5 Å². The van der Waals surface area contributed by atoms with E-state index in [1.54, 1.807) is 36.4 Å². The zero-order chi connectivity index (χ0) is 18.5. The number of rotatable bonds is 7. The van der Waals surface area contributed by atoms with Crippen molar-refractivity contribution in [3.63, 3.8) is 0 Å². The second-order valence-electron chi connectivity index (χ2n) is 6.72. The lowest BCUT2D eigenvalue weighted by atomic mass is 10.2. The molecule has 0 radical (unpaired) electrons. The molecule has 0 saturated heterocycles. The molecule has 0 aliphatic heterocycles. The molecule has 1 atom stereocenters. The van der Waals surface area contributed by atoms with Crippen LogP contribution in [-0.2, 0) is 16.1 Å². The molecule has 136 valence electrons. The van der Waals surface area contributed by atoms with Crippen LogP contribution in [0.4, 0.5) is 15.8 Å². The average molecular weight is 356 g/mol. The summed E-state index contributed by atoms with van der Waals surface area (Å²) in [5.74, 6) is -0.435. The maximum Gasteiger partial charge on any atom is 0.279 e. The highest BCUT2D eigenvalue weighted by atomic mass is 19.1. The zero-order valence-corrected chi connectivity index (χ0v) is 14.7. The third-order valence-electron chi connectivity index (χ3n) is 4.38. The molecule has 3 N–H and O–H groups in total. The number of hydrogen-bond acceptors (Lipinski definition) is 2. The van der Waals surface area contributed by atoms with Crippen molar-refractivity contribution in [2.75, 3.05) is 17.2 Å². The van der Waals surface area contributed by atoms with E-state index in [4.69, 9.17) is 0 Å². The predicted octanol–water partition coefficient (Wildman–Crippen LogP) is 1.97. The van der Waals surface area contributed by atoms with E-state index >= 15 is 0 Å². The predicted molar refractivity (Wildman–Crippen MR) is 98.3 cm³/mol. The molecule has 1 aliphatic carbocycles. The quantitative estimate of drug-likeness (QED) is 0.710. The molecular weight excluding hydrogens is 333 g/mol. The van der Waals surface area contributed by atoms with Crippen molar-refractivity contribution >= 4 is 23.2 Å². The van der Waals surface area contributed by atoms with Crippen LogP contribution in [0, 0.1) is 5.82 Å². The fourth-order valence-electron chi connectivity index (χ4n) is 2.96. The number of quaternary nitrogens is 1. The summed E-state index contributed by atoms with van der Waals surface area (Å²) in [4.78, 5) is 24.6. The number of halogens is 1. The van der Waals surface area contributed by atoms with Gasteiger partial charge in [-0.1, -0.05) is 12.1 Å². The first-order chi connectivity index (χ1) is 12.5. The summed E-state index contributed by atoms with van der Waals surface area (Å²) >= 11 is 0. The van der Waals surface area contributed by atoms with Gasteiger partial charge in [0.2, 0.25) is 5.91 Å². The molecule has 3 rings (SSSR count). The van der Waals surface area contributed by atoms with E-state index in [0.717, 1.165) is 18.4 Å².